The molecule has 4 aromatic rings. The molecule has 6 nitrogen and oxygen atoms in total. The molecule has 32 heavy (non-hydrogen) atoms. The van der Waals surface area contributed by atoms with Crippen LogP contribution in [0.15, 0.2) is 42.5 Å². The molecule has 0 bridgehead atoms. The fourth-order valence-electron chi connectivity index (χ4n) is 4.27. The minimum Gasteiger partial charge on any atom is -0.494 e. The number of anilines is 1. The van der Waals surface area contributed by atoms with Gasteiger partial charge in [0.2, 0.25) is 0 Å². The Hall–Kier alpha value is -3.54. The van der Waals surface area contributed by atoms with Crippen LogP contribution in [0.25, 0.3) is 16.5 Å². The molecule has 1 N–H and O–H groups in total. The van der Waals surface area contributed by atoms with Crippen molar-refractivity contribution in [2.75, 3.05) is 19.0 Å². The molecule has 0 aliphatic rings. The number of nitrogens with one attached hydrogen (secondary N) is 1. The SMILES string of the molecule is CCOc1ccc(-n2c(C)c3c(C)nnc(NCc4ccc(C)cc4)c3c2C)c(OC)c1. The summed E-state index contributed by atoms with van der Waals surface area (Å²) in [6, 6.07) is 14.5. The molecule has 0 radical (unpaired) electrons. The first-order chi connectivity index (χ1) is 15.4. The molecule has 0 atom stereocenters. The number of aromatic nitrogens is 3. The van der Waals surface area contributed by atoms with Gasteiger partial charge in [0.15, 0.2) is 5.82 Å². The predicted molar refractivity (Wildman–Crippen MR) is 129 cm³/mol. The van der Waals surface area contributed by atoms with E-state index in [2.05, 4.69) is 65.1 Å². The van der Waals surface area contributed by atoms with Gasteiger partial charge in [0.05, 0.1) is 25.1 Å². The highest BCUT2D eigenvalue weighted by atomic mass is 16.5. The Balaban J connectivity index is 1.81. The summed E-state index contributed by atoms with van der Waals surface area (Å²) in [7, 11) is 1.69. The Kier molecular flexibility index (Phi) is 6.04. The molecule has 6 heteroatoms. The number of benzene rings is 2. The van der Waals surface area contributed by atoms with Crippen LogP contribution in [-0.4, -0.2) is 28.5 Å². The summed E-state index contributed by atoms with van der Waals surface area (Å²) in [4.78, 5) is 0. The van der Waals surface area contributed by atoms with E-state index in [0.717, 1.165) is 50.9 Å². The molecule has 0 unspecified atom stereocenters. The molecule has 0 saturated carbocycles. The van der Waals surface area contributed by atoms with Crippen molar-refractivity contribution in [1.82, 2.24) is 14.8 Å². The van der Waals surface area contributed by atoms with Crippen LogP contribution in [0.4, 0.5) is 5.82 Å². The molecule has 0 aliphatic heterocycles. The van der Waals surface area contributed by atoms with Crippen LogP contribution in [0.3, 0.4) is 0 Å². The zero-order valence-corrected chi connectivity index (χ0v) is 19.6. The second-order valence-corrected chi connectivity index (χ2v) is 8.00. The lowest BCUT2D eigenvalue weighted by Gasteiger charge is -2.15. The molecular weight excluding hydrogens is 400 g/mol. The van der Waals surface area contributed by atoms with Crippen LogP contribution < -0.4 is 14.8 Å². The highest BCUT2D eigenvalue weighted by molar-refractivity contribution is 5.98. The van der Waals surface area contributed by atoms with E-state index < -0.39 is 0 Å². The lowest BCUT2D eigenvalue weighted by molar-refractivity contribution is 0.336. The van der Waals surface area contributed by atoms with Gasteiger partial charge >= 0.3 is 0 Å². The number of hydrogen-bond donors (Lipinski definition) is 1. The van der Waals surface area contributed by atoms with E-state index in [0.29, 0.717) is 13.2 Å². The molecule has 0 fully saturated rings. The van der Waals surface area contributed by atoms with E-state index in [4.69, 9.17) is 9.47 Å². The molecular formula is C26H30N4O2. The van der Waals surface area contributed by atoms with Gasteiger partial charge in [0.25, 0.3) is 0 Å². The van der Waals surface area contributed by atoms with Gasteiger partial charge in [-0.1, -0.05) is 29.8 Å². The summed E-state index contributed by atoms with van der Waals surface area (Å²) in [5.41, 5.74) is 6.51. The summed E-state index contributed by atoms with van der Waals surface area (Å²) in [6.07, 6.45) is 0. The first-order valence-electron chi connectivity index (χ1n) is 10.9. The molecule has 0 amide bonds. The maximum absolute atomic E-state index is 5.72. The number of fused-ring (bicyclic) bond motifs is 1. The average Bonchev–Trinajstić information content (AvgIpc) is 3.06. The van der Waals surface area contributed by atoms with E-state index in [-0.39, 0.29) is 0 Å². The Morgan fingerprint density at radius 2 is 1.62 bits per heavy atom. The van der Waals surface area contributed by atoms with Crippen LogP contribution in [0.2, 0.25) is 0 Å². The summed E-state index contributed by atoms with van der Waals surface area (Å²) >= 11 is 0. The summed E-state index contributed by atoms with van der Waals surface area (Å²) in [5.74, 6) is 2.34. The van der Waals surface area contributed by atoms with Gasteiger partial charge in [-0.05, 0) is 52.3 Å². The third-order valence-corrected chi connectivity index (χ3v) is 5.83. The number of ether oxygens (including phenoxy) is 2. The molecule has 2 aromatic carbocycles. The van der Waals surface area contributed by atoms with Crippen molar-refractivity contribution >= 4 is 16.6 Å². The van der Waals surface area contributed by atoms with Crippen molar-refractivity contribution in [3.05, 3.63) is 70.7 Å². The third-order valence-electron chi connectivity index (χ3n) is 5.83. The third kappa shape index (κ3) is 3.88. The predicted octanol–water partition coefficient (Wildman–Crippen LogP) is 5.67. The minimum absolute atomic E-state index is 0.612. The standard InChI is InChI=1S/C26H30N4O2/c1-7-32-21-12-13-22(23(14-21)31-6)30-18(4)24-17(3)28-29-26(25(24)19(30)5)27-15-20-10-8-16(2)9-11-20/h8-14H,7,15H2,1-6H3,(H,27,29). The monoisotopic (exact) mass is 430 g/mol. The first-order valence-corrected chi connectivity index (χ1v) is 10.9. The van der Waals surface area contributed by atoms with Gasteiger partial charge < -0.3 is 19.4 Å². The number of rotatable bonds is 7. The smallest absolute Gasteiger partial charge is 0.158 e. The van der Waals surface area contributed by atoms with Crippen molar-refractivity contribution in [1.29, 1.82) is 0 Å². The van der Waals surface area contributed by atoms with Crippen LogP contribution in [0.5, 0.6) is 11.5 Å². The quantitative estimate of drug-likeness (QED) is 0.409. The van der Waals surface area contributed by atoms with Gasteiger partial charge in [0, 0.05) is 34.8 Å². The summed E-state index contributed by atoms with van der Waals surface area (Å²) in [5, 5.41) is 14.6. The average molecular weight is 431 g/mol. The van der Waals surface area contributed by atoms with Crippen molar-refractivity contribution in [3.8, 4) is 17.2 Å². The van der Waals surface area contributed by atoms with Gasteiger partial charge in [0.1, 0.15) is 11.5 Å². The van der Waals surface area contributed by atoms with E-state index >= 15 is 0 Å². The Morgan fingerprint density at radius 1 is 0.906 bits per heavy atom. The zero-order chi connectivity index (χ0) is 22.8. The summed E-state index contributed by atoms with van der Waals surface area (Å²) in [6.45, 7) is 11.6. The van der Waals surface area contributed by atoms with E-state index in [1.807, 2.05) is 32.0 Å². The maximum Gasteiger partial charge on any atom is 0.158 e. The topological polar surface area (TPSA) is 61.2 Å². The Morgan fingerprint density at radius 3 is 2.31 bits per heavy atom. The molecule has 0 spiro atoms. The molecule has 2 aromatic heterocycles. The second kappa shape index (κ2) is 8.91. The van der Waals surface area contributed by atoms with Crippen LogP contribution in [0, 0.1) is 27.7 Å². The highest BCUT2D eigenvalue weighted by Crippen LogP contribution is 2.37. The van der Waals surface area contributed by atoms with E-state index in [9.17, 15) is 0 Å². The Labute approximate surface area is 189 Å². The minimum atomic E-state index is 0.612. The van der Waals surface area contributed by atoms with Crippen LogP contribution >= 0.6 is 0 Å². The zero-order valence-electron chi connectivity index (χ0n) is 19.6. The van der Waals surface area contributed by atoms with Gasteiger partial charge in [-0.15, -0.1) is 5.10 Å². The fraction of sp³-hybridized carbons (Fsp3) is 0.308. The number of methoxy groups -OCH3 is 1. The van der Waals surface area contributed by atoms with E-state index in [1.54, 1.807) is 7.11 Å². The molecule has 4 rings (SSSR count). The molecule has 0 aliphatic carbocycles. The van der Waals surface area contributed by atoms with E-state index in [1.165, 1.54) is 11.1 Å². The van der Waals surface area contributed by atoms with Crippen molar-refractivity contribution in [2.45, 2.75) is 41.2 Å². The summed E-state index contributed by atoms with van der Waals surface area (Å²) < 4.78 is 13.6. The van der Waals surface area contributed by atoms with Gasteiger partial charge in [-0.2, -0.15) is 5.10 Å². The fourth-order valence-corrected chi connectivity index (χ4v) is 4.27. The lowest BCUT2D eigenvalue weighted by atomic mass is 10.1. The van der Waals surface area contributed by atoms with Crippen LogP contribution in [0.1, 0.15) is 35.1 Å². The number of hydrogen-bond acceptors (Lipinski definition) is 5. The molecule has 0 saturated heterocycles. The molecule has 166 valence electrons. The van der Waals surface area contributed by atoms with Crippen LogP contribution in [-0.2, 0) is 6.54 Å². The Bertz CT molecular complexity index is 1260. The van der Waals surface area contributed by atoms with Crippen molar-refractivity contribution < 1.29 is 9.47 Å². The normalized spacial score (nSPS) is 11.1. The first kappa shape index (κ1) is 21.7. The lowest BCUT2D eigenvalue weighted by Crippen LogP contribution is -2.04. The van der Waals surface area contributed by atoms with Gasteiger partial charge in [-0.25, -0.2) is 0 Å². The highest BCUT2D eigenvalue weighted by Gasteiger charge is 2.21. The second-order valence-electron chi connectivity index (χ2n) is 8.00. The number of aryl methyl sites for hydroxylation is 4. The van der Waals surface area contributed by atoms with Crippen molar-refractivity contribution in [2.24, 2.45) is 0 Å². The number of nitrogens with zero attached hydrogens (tertiary/aromatic N) is 3. The molecule has 2 heterocycles. The van der Waals surface area contributed by atoms with Gasteiger partial charge in [-0.3, -0.25) is 0 Å². The van der Waals surface area contributed by atoms with Crippen molar-refractivity contribution in [3.63, 3.8) is 0 Å². The largest absolute Gasteiger partial charge is 0.494 e. The maximum atomic E-state index is 5.72.